The van der Waals surface area contributed by atoms with Crippen molar-refractivity contribution in [2.75, 3.05) is 7.11 Å². The summed E-state index contributed by atoms with van der Waals surface area (Å²) in [6, 6.07) is 3.32. The van der Waals surface area contributed by atoms with Crippen LogP contribution in [0.25, 0.3) is 0 Å². The minimum absolute atomic E-state index is 0.371. The van der Waals surface area contributed by atoms with Crippen molar-refractivity contribution in [2.24, 2.45) is 5.73 Å². The number of halogens is 1. The van der Waals surface area contributed by atoms with Gasteiger partial charge < -0.3 is 10.5 Å². The second-order valence-electron chi connectivity index (χ2n) is 2.54. The van der Waals surface area contributed by atoms with E-state index in [-0.39, 0.29) is 5.97 Å². The summed E-state index contributed by atoms with van der Waals surface area (Å²) in [7, 11) is 1.34. The molecule has 13 heavy (non-hydrogen) atoms. The van der Waals surface area contributed by atoms with E-state index in [2.05, 4.69) is 20.7 Å². The highest BCUT2D eigenvalue weighted by Gasteiger charge is 2.14. The van der Waals surface area contributed by atoms with Crippen LogP contribution >= 0.6 is 27.3 Å². The van der Waals surface area contributed by atoms with Crippen LogP contribution < -0.4 is 5.73 Å². The highest BCUT2D eigenvalue weighted by Crippen LogP contribution is 2.22. The zero-order valence-corrected chi connectivity index (χ0v) is 9.52. The second kappa shape index (κ2) is 4.74. The Hall–Kier alpha value is -0.390. The van der Waals surface area contributed by atoms with Crippen LogP contribution in [0.4, 0.5) is 0 Å². The molecule has 3 nitrogen and oxygen atoms in total. The highest BCUT2D eigenvalue weighted by molar-refractivity contribution is 9.11. The predicted octanol–water partition coefficient (Wildman–Crippen LogP) is 1.55. The SMILES string of the molecule is COC(=O)C(N)Cc1ccc(Br)s1. The Kier molecular flexibility index (Phi) is 3.90. The van der Waals surface area contributed by atoms with Crippen molar-refractivity contribution in [1.82, 2.24) is 0 Å². The van der Waals surface area contributed by atoms with Crippen molar-refractivity contribution >= 4 is 33.2 Å². The topological polar surface area (TPSA) is 52.3 Å². The van der Waals surface area contributed by atoms with Gasteiger partial charge in [0, 0.05) is 11.3 Å². The molecule has 5 heteroatoms. The van der Waals surface area contributed by atoms with Crippen LogP contribution in [0.2, 0.25) is 0 Å². The van der Waals surface area contributed by atoms with Gasteiger partial charge in [-0.25, -0.2) is 0 Å². The lowest BCUT2D eigenvalue weighted by molar-refractivity contribution is -0.142. The summed E-state index contributed by atoms with van der Waals surface area (Å²) in [5.41, 5.74) is 5.59. The average molecular weight is 264 g/mol. The van der Waals surface area contributed by atoms with Gasteiger partial charge in [-0.2, -0.15) is 0 Å². The van der Waals surface area contributed by atoms with E-state index in [9.17, 15) is 4.79 Å². The third kappa shape index (κ3) is 3.10. The zero-order chi connectivity index (χ0) is 9.84. The standard InChI is InChI=1S/C8H10BrNO2S/c1-12-8(11)6(10)4-5-2-3-7(9)13-5/h2-3,6H,4,10H2,1H3. The van der Waals surface area contributed by atoms with E-state index in [1.807, 2.05) is 12.1 Å². The summed E-state index contributed by atoms with van der Waals surface area (Å²) in [4.78, 5) is 12.0. The summed E-state index contributed by atoms with van der Waals surface area (Å²) >= 11 is 4.91. The van der Waals surface area contributed by atoms with Gasteiger partial charge in [-0.05, 0) is 28.1 Å². The van der Waals surface area contributed by atoms with E-state index >= 15 is 0 Å². The molecule has 1 heterocycles. The Labute approximate surface area is 89.0 Å². The molecule has 0 aliphatic carbocycles. The lowest BCUT2D eigenvalue weighted by Crippen LogP contribution is -2.33. The molecule has 0 saturated carbocycles. The normalized spacial score (nSPS) is 12.5. The molecule has 0 amide bonds. The fourth-order valence-corrected chi connectivity index (χ4v) is 2.45. The molecule has 72 valence electrons. The average Bonchev–Trinajstić information content (AvgIpc) is 2.49. The van der Waals surface area contributed by atoms with Crippen molar-refractivity contribution in [3.05, 3.63) is 20.8 Å². The van der Waals surface area contributed by atoms with E-state index in [1.54, 1.807) is 11.3 Å². The van der Waals surface area contributed by atoms with Gasteiger partial charge in [0.25, 0.3) is 0 Å². The van der Waals surface area contributed by atoms with Crippen LogP contribution in [0.5, 0.6) is 0 Å². The molecule has 0 bridgehead atoms. The summed E-state index contributed by atoms with van der Waals surface area (Å²) in [5.74, 6) is -0.371. The summed E-state index contributed by atoms with van der Waals surface area (Å²) in [6.45, 7) is 0. The Bertz CT molecular complexity index is 300. The maximum absolute atomic E-state index is 11.0. The molecular formula is C8H10BrNO2S. The first-order valence-corrected chi connectivity index (χ1v) is 5.32. The highest BCUT2D eigenvalue weighted by atomic mass is 79.9. The number of nitrogens with two attached hydrogens (primary N) is 1. The number of ether oxygens (including phenoxy) is 1. The largest absolute Gasteiger partial charge is 0.468 e. The number of carbonyl (C=O) groups is 1. The molecule has 0 aliphatic heterocycles. The van der Waals surface area contributed by atoms with Gasteiger partial charge in [-0.1, -0.05) is 0 Å². The van der Waals surface area contributed by atoms with Crippen LogP contribution in [-0.4, -0.2) is 19.1 Å². The van der Waals surface area contributed by atoms with Crippen LogP contribution in [0.1, 0.15) is 4.88 Å². The first-order valence-electron chi connectivity index (χ1n) is 3.71. The number of rotatable bonds is 3. The number of methoxy groups -OCH3 is 1. The number of esters is 1. The quantitative estimate of drug-likeness (QED) is 0.843. The number of hydrogen-bond acceptors (Lipinski definition) is 4. The van der Waals surface area contributed by atoms with E-state index < -0.39 is 6.04 Å². The fourth-order valence-electron chi connectivity index (χ4n) is 0.913. The number of thiophene rings is 1. The Morgan fingerprint density at radius 3 is 2.92 bits per heavy atom. The number of carbonyl (C=O) groups excluding carboxylic acids is 1. The molecule has 0 spiro atoms. The van der Waals surface area contributed by atoms with Crippen molar-refractivity contribution in [1.29, 1.82) is 0 Å². The Balaban J connectivity index is 2.54. The van der Waals surface area contributed by atoms with Crippen LogP contribution in [0, 0.1) is 0 Å². The Morgan fingerprint density at radius 2 is 2.46 bits per heavy atom. The lowest BCUT2D eigenvalue weighted by atomic mass is 10.2. The van der Waals surface area contributed by atoms with Gasteiger partial charge in [0.2, 0.25) is 0 Å². The first-order chi connectivity index (χ1) is 6.13. The van der Waals surface area contributed by atoms with Crippen molar-refractivity contribution in [2.45, 2.75) is 12.5 Å². The van der Waals surface area contributed by atoms with Crippen molar-refractivity contribution in [3.63, 3.8) is 0 Å². The molecule has 0 aliphatic rings. The molecular weight excluding hydrogens is 254 g/mol. The maximum atomic E-state index is 11.0. The summed E-state index contributed by atoms with van der Waals surface area (Å²) in [6.07, 6.45) is 0.531. The minimum atomic E-state index is -0.560. The van der Waals surface area contributed by atoms with Gasteiger partial charge in [0.05, 0.1) is 10.9 Å². The zero-order valence-electron chi connectivity index (χ0n) is 7.12. The van der Waals surface area contributed by atoms with E-state index in [4.69, 9.17) is 5.73 Å². The molecule has 2 N–H and O–H groups in total. The minimum Gasteiger partial charge on any atom is -0.468 e. The molecule has 1 unspecified atom stereocenters. The maximum Gasteiger partial charge on any atom is 0.323 e. The van der Waals surface area contributed by atoms with Crippen LogP contribution in [-0.2, 0) is 16.0 Å². The van der Waals surface area contributed by atoms with Crippen LogP contribution in [0.15, 0.2) is 15.9 Å². The number of hydrogen-bond donors (Lipinski definition) is 1. The molecule has 1 aromatic heterocycles. The van der Waals surface area contributed by atoms with Gasteiger partial charge in [-0.15, -0.1) is 11.3 Å². The smallest absolute Gasteiger partial charge is 0.323 e. The van der Waals surface area contributed by atoms with Gasteiger partial charge >= 0.3 is 5.97 Å². The molecule has 0 radical (unpaired) electrons. The molecule has 1 atom stereocenters. The van der Waals surface area contributed by atoms with Crippen molar-refractivity contribution in [3.8, 4) is 0 Å². The monoisotopic (exact) mass is 263 g/mol. The predicted molar refractivity (Wildman–Crippen MR) is 55.7 cm³/mol. The molecule has 1 rings (SSSR count). The summed E-state index contributed by atoms with van der Waals surface area (Å²) in [5, 5.41) is 0. The first kappa shape index (κ1) is 10.7. The molecule has 1 aromatic rings. The van der Waals surface area contributed by atoms with Gasteiger partial charge in [0.1, 0.15) is 6.04 Å². The Morgan fingerprint density at radius 1 is 1.77 bits per heavy atom. The van der Waals surface area contributed by atoms with Gasteiger partial charge in [0.15, 0.2) is 0 Å². The third-order valence-electron chi connectivity index (χ3n) is 1.55. The second-order valence-corrected chi connectivity index (χ2v) is 5.09. The summed E-state index contributed by atoms with van der Waals surface area (Å²) < 4.78 is 5.56. The van der Waals surface area contributed by atoms with Gasteiger partial charge in [-0.3, -0.25) is 4.79 Å². The lowest BCUT2D eigenvalue weighted by Gasteiger charge is -2.06. The van der Waals surface area contributed by atoms with E-state index in [0.29, 0.717) is 6.42 Å². The van der Waals surface area contributed by atoms with E-state index in [1.165, 1.54) is 7.11 Å². The third-order valence-corrected chi connectivity index (χ3v) is 3.20. The molecule has 0 aromatic carbocycles. The van der Waals surface area contributed by atoms with Crippen molar-refractivity contribution < 1.29 is 9.53 Å². The van der Waals surface area contributed by atoms with E-state index in [0.717, 1.165) is 8.66 Å². The molecule has 0 saturated heterocycles. The molecule has 0 fully saturated rings. The fraction of sp³-hybridized carbons (Fsp3) is 0.375. The van der Waals surface area contributed by atoms with Crippen LogP contribution in [0.3, 0.4) is 0 Å².